The van der Waals surface area contributed by atoms with Crippen LogP contribution in [0.25, 0.3) is 0 Å². The van der Waals surface area contributed by atoms with Crippen molar-refractivity contribution >= 4 is 23.4 Å². The Labute approximate surface area is 155 Å². The molecule has 1 aromatic carbocycles. The molecule has 1 aliphatic rings. The first kappa shape index (κ1) is 20.1. The first-order valence-corrected chi connectivity index (χ1v) is 8.46. The van der Waals surface area contributed by atoms with E-state index in [-0.39, 0.29) is 30.2 Å². The van der Waals surface area contributed by atoms with Gasteiger partial charge in [-0.3, -0.25) is 14.9 Å². The molecule has 27 heavy (non-hydrogen) atoms. The van der Waals surface area contributed by atoms with E-state index in [2.05, 4.69) is 10.3 Å². The number of phenols is 1. The minimum absolute atomic E-state index is 0.114. The van der Waals surface area contributed by atoms with Crippen LogP contribution >= 0.6 is 0 Å². The Kier molecular flexibility index (Phi) is 6.32. The third-order valence-electron chi connectivity index (χ3n) is 3.98. The van der Waals surface area contributed by atoms with Gasteiger partial charge in [0, 0.05) is 11.8 Å². The molecule has 2 amide bonds. The second-order valence-electron chi connectivity index (χ2n) is 5.90. The first-order valence-electron chi connectivity index (χ1n) is 8.46. The lowest BCUT2D eigenvalue weighted by atomic mass is 9.88. The van der Waals surface area contributed by atoms with Gasteiger partial charge in [0.15, 0.2) is 5.75 Å². The average molecular weight is 379 g/mol. The topological polar surface area (TPSA) is 140 Å². The standard InChI is InChI=1S/C17H21N3O7/c1-4-6-27-16(22)13-9(3)18-17(23)19-14(13)10-7-11(20(24)25)15(21)12(8-10)26-5-2/h7-8,13-14,21H,4-6H2,1-3H3,(H,19,23). The lowest BCUT2D eigenvalue weighted by molar-refractivity contribution is -0.386. The summed E-state index contributed by atoms with van der Waals surface area (Å²) in [6.45, 7) is 5.37. The largest absolute Gasteiger partial charge is 0.500 e. The van der Waals surface area contributed by atoms with E-state index in [9.17, 15) is 24.8 Å². The van der Waals surface area contributed by atoms with E-state index in [1.54, 1.807) is 6.92 Å². The molecular weight excluding hydrogens is 358 g/mol. The van der Waals surface area contributed by atoms with Gasteiger partial charge in [0.1, 0.15) is 5.92 Å². The summed E-state index contributed by atoms with van der Waals surface area (Å²) in [4.78, 5) is 38.6. The predicted octanol–water partition coefficient (Wildman–Crippen LogP) is 2.49. The molecule has 2 atom stereocenters. The number of carbonyl (C=O) groups is 2. The Bertz CT molecular complexity index is 791. The second kappa shape index (κ2) is 8.47. The van der Waals surface area contributed by atoms with Gasteiger partial charge < -0.3 is 19.9 Å². The van der Waals surface area contributed by atoms with Gasteiger partial charge in [-0.05, 0) is 31.9 Å². The van der Waals surface area contributed by atoms with Crippen LogP contribution in [-0.4, -0.2) is 41.0 Å². The average Bonchev–Trinajstić information content (AvgIpc) is 2.60. The summed E-state index contributed by atoms with van der Waals surface area (Å²) in [5, 5.41) is 23.9. The van der Waals surface area contributed by atoms with Crippen LogP contribution in [0.15, 0.2) is 17.1 Å². The summed E-state index contributed by atoms with van der Waals surface area (Å²) in [6, 6.07) is 0.834. The number of amides is 2. The third kappa shape index (κ3) is 4.33. The van der Waals surface area contributed by atoms with E-state index >= 15 is 0 Å². The zero-order valence-corrected chi connectivity index (χ0v) is 15.2. The number of phenolic OH excluding ortho intramolecular Hbond substituents is 1. The second-order valence-corrected chi connectivity index (χ2v) is 5.90. The third-order valence-corrected chi connectivity index (χ3v) is 3.98. The number of ether oxygens (including phenoxy) is 2. The number of aliphatic imine (C=N–C) groups is 1. The van der Waals surface area contributed by atoms with Gasteiger partial charge in [-0.2, -0.15) is 0 Å². The van der Waals surface area contributed by atoms with Gasteiger partial charge in [-0.1, -0.05) is 6.92 Å². The molecule has 146 valence electrons. The number of carbonyl (C=O) groups excluding carboxylic acids is 2. The van der Waals surface area contributed by atoms with E-state index in [0.717, 1.165) is 6.07 Å². The van der Waals surface area contributed by atoms with Gasteiger partial charge in [0.2, 0.25) is 5.75 Å². The van der Waals surface area contributed by atoms with E-state index < -0.39 is 40.3 Å². The Hall–Kier alpha value is -3.17. The van der Waals surface area contributed by atoms with Gasteiger partial charge in [0.05, 0.1) is 24.2 Å². The van der Waals surface area contributed by atoms with Crippen LogP contribution in [0.5, 0.6) is 11.5 Å². The fourth-order valence-corrected chi connectivity index (χ4v) is 2.79. The van der Waals surface area contributed by atoms with Crippen molar-refractivity contribution < 1.29 is 29.1 Å². The molecule has 2 rings (SSSR count). The highest BCUT2D eigenvalue weighted by Crippen LogP contribution is 2.41. The minimum Gasteiger partial charge on any atom is -0.500 e. The molecule has 2 unspecified atom stereocenters. The Balaban J connectivity index is 2.54. The fraction of sp³-hybridized carbons (Fsp3) is 0.471. The molecule has 1 heterocycles. The van der Waals surface area contributed by atoms with Gasteiger partial charge in [-0.15, -0.1) is 0 Å². The maximum absolute atomic E-state index is 12.5. The van der Waals surface area contributed by atoms with Crippen LogP contribution in [0, 0.1) is 16.0 Å². The normalized spacial score (nSPS) is 19.1. The van der Waals surface area contributed by atoms with Crippen molar-refractivity contribution in [3.05, 3.63) is 27.8 Å². The van der Waals surface area contributed by atoms with Gasteiger partial charge >= 0.3 is 17.7 Å². The van der Waals surface area contributed by atoms with Gasteiger partial charge in [0.25, 0.3) is 0 Å². The lowest BCUT2D eigenvalue weighted by Gasteiger charge is -2.29. The minimum atomic E-state index is -0.951. The van der Waals surface area contributed by atoms with Crippen molar-refractivity contribution in [1.29, 1.82) is 0 Å². The molecule has 10 nitrogen and oxygen atoms in total. The maximum atomic E-state index is 12.5. The molecule has 0 aromatic heterocycles. The molecule has 0 bridgehead atoms. The quantitative estimate of drug-likeness (QED) is 0.421. The molecule has 0 saturated heterocycles. The molecule has 0 fully saturated rings. The van der Waals surface area contributed by atoms with Crippen molar-refractivity contribution in [2.75, 3.05) is 13.2 Å². The summed E-state index contributed by atoms with van der Waals surface area (Å²) in [7, 11) is 0. The smallest absolute Gasteiger partial charge is 0.341 e. The van der Waals surface area contributed by atoms with Gasteiger partial charge in [-0.25, -0.2) is 9.79 Å². The van der Waals surface area contributed by atoms with Crippen LogP contribution in [0.2, 0.25) is 0 Å². The maximum Gasteiger partial charge on any atom is 0.341 e. The molecule has 10 heteroatoms. The summed E-state index contributed by atoms with van der Waals surface area (Å²) < 4.78 is 10.4. The van der Waals surface area contributed by atoms with Crippen molar-refractivity contribution in [3.8, 4) is 11.5 Å². The van der Waals surface area contributed by atoms with E-state index in [1.807, 2.05) is 6.92 Å². The van der Waals surface area contributed by atoms with Crippen molar-refractivity contribution in [2.45, 2.75) is 33.2 Å². The zero-order valence-electron chi connectivity index (χ0n) is 15.2. The number of esters is 1. The number of benzene rings is 1. The molecule has 1 aliphatic heterocycles. The highest BCUT2D eigenvalue weighted by Gasteiger charge is 2.39. The molecule has 0 aliphatic carbocycles. The van der Waals surface area contributed by atoms with E-state index in [0.29, 0.717) is 6.42 Å². The lowest BCUT2D eigenvalue weighted by Crippen LogP contribution is -2.44. The molecule has 1 aromatic rings. The number of aromatic hydroxyl groups is 1. The molecule has 0 spiro atoms. The molecule has 0 radical (unpaired) electrons. The van der Waals surface area contributed by atoms with Crippen LogP contribution in [-0.2, 0) is 9.53 Å². The summed E-state index contributed by atoms with van der Waals surface area (Å²) in [6.07, 6.45) is 0.616. The van der Waals surface area contributed by atoms with Crippen LogP contribution in [0.4, 0.5) is 10.5 Å². The summed E-state index contributed by atoms with van der Waals surface area (Å²) in [5.41, 5.74) is -0.131. The fourth-order valence-electron chi connectivity index (χ4n) is 2.79. The number of nitro groups is 1. The summed E-state index contributed by atoms with van der Waals surface area (Å²) >= 11 is 0. The number of nitrogens with one attached hydrogen (secondary N) is 1. The van der Waals surface area contributed by atoms with E-state index in [1.165, 1.54) is 13.0 Å². The predicted molar refractivity (Wildman–Crippen MR) is 95.1 cm³/mol. The Morgan fingerprint density at radius 2 is 2.11 bits per heavy atom. The number of nitro benzene ring substituents is 1. The van der Waals surface area contributed by atoms with Crippen molar-refractivity contribution in [2.24, 2.45) is 10.9 Å². The number of hydrogen-bond acceptors (Lipinski definition) is 7. The number of nitrogens with zero attached hydrogens (tertiary/aromatic N) is 2. The molecular formula is C17H21N3O7. The SMILES string of the molecule is CCCOC(=O)C1C(C)=NC(=O)NC1c1cc(OCC)c(O)c([N+](=O)[O-])c1. The van der Waals surface area contributed by atoms with E-state index in [4.69, 9.17) is 9.47 Å². The van der Waals surface area contributed by atoms with Crippen LogP contribution in [0.3, 0.4) is 0 Å². The number of urea groups is 1. The van der Waals surface area contributed by atoms with Crippen molar-refractivity contribution in [1.82, 2.24) is 5.32 Å². The molecule has 0 saturated carbocycles. The molecule has 2 N–H and O–H groups in total. The highest BCUT2D eigenvalue weighted by molar-refractivity contribution is 6.08. The highest BCUT2D eigenvalue weighted by atomic mass is 16.6. The number of hydrogen-bond donors (Lipinski definition) is 2. The monoisotopic (exact) mass is 379 g/mol. The first-order chi connectivity index (χ1) is 12.8. The zero-order chi connectivity index (χ0) is 20.1. The Morgan fingerprint density at radius 1 is 1.41 bits per heavy atom. The van der Waals surface area contributed by atoms with Crippen LogP contribution < -0.4 is 10.1 Å². The number of rotatable bonds is 7. The van der Waals surface area contributed by atoms with Crippen molar-refractivity contribution in [3.63, 3.8) is 0 Å². The van der Waals surface area contributed by atoms with Crippen LogP contribution in [0.1, 0.15) is 38.8 Å². The summed E-state index contributed by atoms with van der Waals surface area (Å²) in [5.74, 6) is -2.29. The Morgan fingerprint density at radius 3 is 2.70 bits per heavy atom.